The van der Waals surface area contributed by atoms with E-state index in [1.807, 2.05) is 30.0 Å². The van der Waals surface area contributed by atoms with E-state index in [0.29, 0.717) is 18.7 Å². The summed E-state index contributed by atoms with van der Waals surface area (Å²) in [6, 6.07) is 15.1. The molecule has 1 saturated carbocycles. The van der Waals surface area contributed by atoms with Crippen molar-refractivity contribution >= 4 is 22.0 Å². The second kappa shape index (κ2) is 9.34. The lowest BCUT2D eigenvalue weighted by Crippen LogP contribution is -2.48. The minimum Gasteiger partial charge on any atom is -0.336 e. The summed E-state index contributed by atoms with van der Waals surface area (Å²) in [5, 5.41) is 0. The third kappa shape index (κ3) is 5.61. The molecule has 2 fully saturated rings. The highest BCUT2D eigenvalue weighted by Gasteiger charge is 2.29. The van der Waals surface area contributed by atoms with E-state index in [0.717, 1.165) is 38.0 Å². The zero-order valence-electron chi connectivity index (χ0n) is 17.8. The van der Waals surface area contributed by atoms with Crippen molar-refractivity contribution in [2.45, 2.75) is 30.7 Å². The number of amides is 1. The fourth-order valence-electron chi connectivity index (χ4n) is 3.69. The minimum atomic E-state index is -3.58. The van der Waals surface area contributed by atoms with Gasteiger partial charge in [0.15, 0.2) is 0 Å². The van der Waals surface area contributed by atoms with E-state index in [1.54, 1.807) is 12.1 Å². The second-order valence-corrected chi connectivity index (χ2v) is 9.99. The van der Waals surface area contributed by atoms with Crippen molar-refractivity contribution in [3.63, 3.8) is 0 Å². The molecule has 2 aromatic rings. The number of benzene rings is 2. The first-order chi connectivity index (χ1) is 14.9. The average Bonchev–Trinajstić information content (AvgIpc) is 3.58. The average molecular weight is 440 g/mol. The normalized spacial score (nSPS) is 17.9. The Kier molecular flexibility index (Phi) is 6.55. The van der Waals surface area contributed by atoms with E-state index in [2.05, 4.69) is 33.9 Å². The van der Waals surface area contributed by atoms with Gasteiger partial charge in [0.25, 0.3) is 5.91 Å². The molecule has 1 N–H and O–H groups in total. The van der Waals surface area contributed by atoms with Crippen LogP contribution < -0.4 is 4.72 Å². The molecular weight excluding hydrogens is 410 g/mol. The van der Waals surface area contributed by atoms with Gasteiger partial charge in [-0.1, -0.05) is 48.6 Å². The highest BCUT2D eigenvalue weighted by molar-refractivity contribution is 7.89. The molecule has 1 aliphatic carbocycles. The van der Waals surface area contributed by atoms with Crippen molar-refractivity contribution in [2.75, 3.05) is 32.7 Å². The van der Waals surface area contributed by atoms with E-state index in [4.69, 9.17) is 0 Å². The molecule has 1 aliphatic heterocycles. The van der Waals surface area contributed by atoms with Crippen molar-refractivity contribution in [1.29, 1.82) is 0 Å². The van der Waals surface area contributed by atoms with E-state index in [9.17, 15) is 13.2 Å². The van der Waals surface area contributed by atoms with Gasteiger partial charge in [0, 0.05) is 44.3 Å². The first kappa shape index (κ1) is 21.7. The van der Waals surface area contributed by atoms with Gasteiger partial charge in [-0.2, -0.15) is 0 Å². The largest absolute Gasteiger partial charge is 0.336 e. The van der Waals surface area contributed by atoms with Crippen molar-refractivity contribution < 1.29 is 13.2 Å². The predicted octanol–water partition coefficient (Wildman–Crippen LogP) is 2.91. The number of hydrogen-bond donors (Lipinski definition) is 1. The lowest BCUT2D eigenvalue weighted by molar-refractivity contribution is 0.0649. The van der Waals surface area contributed by atoms with Crippen LogP contribution in [0.1, 0.15) is 34.3 Å². The molecule has 0 spiro atoms. The van der Waals surface area contributed by atoms with Crippen LogP contribution in [0.15, 0.2) is 59.5 Å². The summed E-state index contributed by atoms with van der Waals surface area (Å²) in [6.45, 7) is 5.55. The molecule has 0 radical (unpaired) electrons. The van der Waals surface area contributed by atoms with E-state index in [-0.39, 0.29) is 16.8 Å². The molecule has 2 aromatic carbocycles. The number of piperazine rings is 1. The highest BCUT2D eigenvalue weighted by Crippen LogP contribution is 2.24. The Morgan fingerprint density at radius 1 is 1.06 bits per heavy atom. The van der Waals surface area contributed by atoms with E-state index in [1.165, 1.54) is 11.6 Å². The number of nitrogens with zero attached hydrogens (tertiary/aromatic N) is 2. The number of nitrogens with one attached hydrogen (secondary N) is 1. The zero-order chi connectivity index (χ0) is 21.8. The molecule has 164 valence electrons. The third-order valence-electron chi connectivity index (χ3n) is 5.78. The monoisotopic (exact) mass is 439 g/mol. The topological polar surface area (TPSA) is 69.7 Å². The first-order valence-electron chi connectivity index (χ1n) is 10.8. The first-order valence-corrected chi connectivity index (χ1v) is 12.3. The van der Waals surface area contributed by atoms with Crippen LogP contribution in [0.4, 0.5) is 0 Å². The van der Waals surface area contributed by atoms with Crippen molar-refractivity contribution in [1.82, 2.24) is 14.5 Å². The van der Waals surface area contributed by atoms with E-state index >= 15 is 0 Å². The van der Waals surface area contributed by atoms with Crippen LogP contribution in [-0.4, -0.2) is 62.9 Å². The molecule has 31 heavy (non-hydrogen) atoms. The summed E-state index contributed by atoms with van der Waals surface area (Å²) < 4.78 is 27.8. The molecule has 6 nitrogen and oxygen atoms in total. The quantitative estimate of drug-likeness (QED) is 0.720. The van der Waals surface area contributed by atoms with Gasteiger partial charge >= 0.3 is 0 Å². The van der Waals surface area contributed by atoms with Gasteiger partial charge in [0.05, 0.1) is 4.90 Å². The summed E-state index contributed by atoms with van der Waals surface area (Å²) in [6.07, 6.45) is 6.02. The lowest BCUT2D eigenvalue weighted by Gasteiger charge is -2.34. The predicted molar refractivity (Wildman–Crippen MR) is 122 cm³/mol. The summed E-state index contributed by atoms with van der Waals surface area (Å²) >= 11 is 0. The van der Waals surface area contributed by atoms with Crippen LogP contribution in [0.5, 0.6) is 0 Å². The zero-order valence-corrected chi connectivity index (χ0v) is 18.6. The van der Waals surface area contributed by atoms with Crippen LogP contribution in [0, 0.1) is 6.92 Å². The van der Waals surface area contributed by atoms with Crippen LogP contribution in [0.2, 0.25) is 0 Å². The number of hydrogen-bond acceptors (Lipinski definition) is 4. The molecule has 1 saturated heterocycles. The van der Waals surface area contributed by atoms with Crippen LogP contribution in [0.3, 0.4) is 0 Å². The molecule has 4 rings (SSSR count). The third-order valence-corrected chi connectivity index (χ3v) is 7.30. The number of aryl methyl sites for hydroxylation is 1. The minimum absolute atomic E-state index is 0.0365. The number of carbonyl (C=O) groups is 1. The Morgan fingerprint density at radius 3 is 2.45 bits per heavy atom. The Balaban J connectivity index is 1.36. The number of sulfonamides is 1. The van der Waals surface area contributed by atoms with Gasteiger partial charge in [-0.25, -0.2) is 13.1 Å². The van der Waals surface area contributed by atoms with Crippen molar-refractivity contribution in [2.24, 2.45) is 0 Å². The number of carbonyl (C=O) groups excluding carboxylic acids is 1. The van der Waals surface area contributed by atoms with Crippen molar-refractivity contribution in [3.8, 4) is 0 Å². The maximum absolute atomic E-state index is 13.1. The number of rotatable bonds is 7. The van der Waals surface area contributed by atoms with Crippen LogP contribution in [-0.2, 0) is 10.0 Å². The molecular formula is C24H29N3O3S. The van der Waals surface area contributed by atoms with Gasteiger partial charge in [0.1, 0.15) is 0 Å². The molecule has 2 aliphatic rings. The molecule has 1 heterocycles. The second-order valence-electron chi connectivity index (χ2n) is 8.28. The van der Waals surface area contributed by atoms with E-state index < -0.39 is 10.0 Å². The SMILES string of the molecule is Cc1ccc(S(=O)(=O)NC2CC2)cc1C(=O)N1CCN(C/C=C/c2ccccc2)CC1. The van der Waals surface area contributed by atoms with Crippen molar-refractivity contribution in [3.05, 3.63) is 71.3 Å². The van der Waals surface area contributed by atoms with Gasteiger partial charge in [-0.15, -0.1) is 0 Å². The lowest BCUT2D eigenvalue weighted by atomic mass is 10.1. The Labute approximate surface area is 184 Å². The van der Waals surface area contributed by atoms with Crippen LogP contribution >= 0.6 is 0 Å². The molecule has 0 atom stereocenters. The summed E-state index contributed by atoms with van der Waals surface area (Å²) in [7, 11) is -3.58. The Hall–Kier alpha value is -2.48. The maximum Gasteiger partial charge on any atom is 0.254 e. The molecule has 0 bridgehead atoms. The Morgan fingerprint density at radius 2 is 1.77 bits per heavy atom. The molecule has 0 aromatic heterocycles. The van der Waals surface area contributed by atoms with Gasteiger partial charge in [-0.05, 0) is 43.0 Å². The van der Waals surface area contributed by atoms with Gasteiger partial charge < -0.3 is 4.90 Å². The smallest absolute Gasteiger partial charge is 0.254 e. The van der Waals surface area contributed by atoms with Gasteiger partial charge in [-0.3, -0.25) is 9.69 Å². The summed E-state index contributed by atoms with van der Waals surface area (Å²) in [5.41, 5.74) is 2.44. The fraction of sp³-hybridized carbons (Fsp3) is 0.375. The van der Waals surface area contributed by atoms with Crippen LogP contribution in [0.25, 0.3) is 6.08 Å². The highest BCUT2D eigenvalue weighted by atomic mass is 32.2. The Bertz CT molecular complexity index is 1050. The fourth-order valence-corrected chi connectivity index (χ4v) is 5.02. The standard InChI is InChI=1S/C24H29N3O3S/c1-19-9-12-22(31(29,30)25-21-10-11-21)18-23(19)24(28)27-16-14-26(15-17-27)13-5-8-20-6-3-2-4-7-20/h2-9,12,18,21,25H,10-11,13-17H2,1H3/b8-5+. The molecule has 7 heteroatoms. The molecule has 1 amide bonds. The maximum atomic E-state index is 13.1. The summed E-state index contributed by atoms with van der Waals surface area (Å²) in [4.78, 5) is 17.4. The molecule has 0 unspecified atom stereocenters. The van der Waals surface area contributed by atoms with Gasteiger partial charge in [0.2, 0.25) is 10.0 Å². The summed E-state index contributed by atoms with van der Waals surface area (Å²) in [5.74, 6) is -0.0968.